The normalized spacial score (nSPS) is 14.7. The zero-order chi connectivity index (χ0) is 28.5. The van der Waals surface area contributed by atoms with Gasteiger partial charge in [0.25, 0.3) is 0 Å². The number of amides is 2. The largest absolute Gasteiger partial charge is 0.457 e. The van der Waals surface area contributed by atoms with Gasteiger partial charge in [-0.05, 0) is 61.7 Å². The Morgan fingerprint density at radius 2 is 1.45 bits per heavy atom. The van der Waals surface area contributed by atoms with Crippen LogP contribution in [0.15, 0.2) is 84.9 Å². The molecule has 212 valence electrons. The van der Waals surface area contributed by atoms with Crippen LogP contribution in [-0.4, -0.2) is 50.0 Å². The fraction of sp³-hybridized carbons (Fsp3) is 0.355. The molecule has 0 heterocycles. The number of hydrogen-bond acceptors (Lipinski definition) is 5. The molecule has 0 aliphatic heterocycles. The summed E-state index contributed by atoms with van der Waals surface area (Å²) in [5.41, 5.74) is 1.18. The number of para-hydroxylation sites is 1. The van der Waals surface area contributed by atoms with Gasteiger partial charge in [-0.3, -0.25) is 13.9 Å². The summed E-state index contributed by atoms with van der Waals surface area (Å²) in [6.07, 6.45) is 6.24. The van der Waals surface area contributed by atoms with Gasteiger partial charge in [0, 0.05) is 12.6 Å². The van der Waals surface area contributed by atoms with Crippen LogP contribution >= 0.6 is 0 Å². The maximum Gasteiger partial charge on any atom is 0.244 e. The number of ether oxygens (including phenoxy) is 1. The summed E-state index contributed by atoms with van der Waals surface area (Å²) in [6.45, 7) is 1.44. The van der Waals surface area contributed by atoms with Crippen molar-refractivity contribution in [3.8, 4) is 11.5 Å². The molecule has 0 radical (unpaired) electrons. The highest BCUT2D eigenvalue weighted by Gasteiger charge is 2.31. The highest BCUT2D eigenvalue weighted by molar-refractivity contribution is 7.92. The Balaban J connectivity index is 1.53. The van der Waals surface area contributed by atoms with Gasteiger partial charge in [0.1, 0.15) is 24.1 Å². The van der Waals surface area contributed by atoms with Crippen molar-refractivity contribution in [2.24, 2.45) is 0 Å². The van der Waals surface area contributed by atoms with E-state index in [-0.39, 0.29) is 18.5 Å². The molecule has 8 nitrogen and oxygen atoms in total. The van der Waals surface area contributed by atoms with E-state index in [0.717, 1.165) is 41.8 Å². The van der Waals surface area contributed by atoms with Crippen molar-refractivity contribution in [1.29, 1.82) is 0 Å². The summed E-state index contributed by atoms with van der Waals surface area (Å²) in [7, 11) is -3.82. The van der Waals surface area contributed by atoms with E-state index in [4.69, 9.17) is 4.74 Å². The molecule has 1 N–H and O–H groups in total. The predicted octanol–water partition coefficient (Wildman–Crippen LogP) is 5.11. The molecular weight excluding hydrogens is 526 g/mol. The molecule has 0 saturated heterocycles. The fourth-order valence-electron chi connectivity index (χ4n) is 4.85. The predicted molar refractivity (Wildman–Crippen MR) is 157 cm³/mol. The van der Waals surface area contributed by atoms with Gasteiger partial charge in [0.15, 0.2) is 0 Å². The Morgan fingerprint density at radius 3 is 2.05 bits per heavy atom. The van der Waals surface area contributed by atoms with E-state index in [1.54, 1.807) is 31.2 Å². The number of carbonyl (C=O) groups is 2. The number of carbonyl (C=O) groups excluding carboxylic acids is 2. The van der Waals surface area contributed by atoms with Crippen molar-refractivity contribution in [2.45, 2.75) is 57.7 Å². The minimum atomic E-state index is -3.82. The van der Waals surface area contributed by atoms with E-state index in [9.17, 15) is 18.0 Å². The maximum atomic E-state index is 13.7. The molecule has 0 unspecified atom stereocenters. The van der Waals surface area contributed by atoms with Crippen LogP contribution in [0.25, 0.3) is 0 Å². The Morgan fingerprint density at radius 1 is 0.875 bits per heavy atom. The Bertz CT molecular complexity index is 1360. The molecule has 2 amide bonds. The average Bonchev–Trinajstić information content (AvgIpc) is 2.96. The molecule has 0 bridgehead atoms. The minimum Gasteiger partial charge on any atom is -0.457 e. The van der Waals surface area contributed by atoms with Crippen molar-refractivity contribution in [2.75, 3.05) is 17.1 Å². The first kappa shape index (κ1) is 29.1. The number of nitrogens with one attached hydrogen (secondary N) is 1. The molecule has 3 aromatic carbocycles. The lowest BCUT2D eigenvalue weighted by molar-refractivity contribution is -0.139. The number of sulfonamides is 1. The smallest absolute Gasteiger partial charge is 0.244 e. The van der Waals surface area contributed by atoms with Crippen molar-refractivity contribution < 1.29 is 22.7 Å². The summed E-state index contributed by atoms with van der Waals surface area (Å²) in [5.74, 6) is 0.491. The first-order valence-corrected chi connectivity index (χ1v) is 15.5. The summed E-state index contributed by atoms with van der Waals surface area (Å²) < 4.78 is 32.5. The van der Waals surface area contributed by atoms with Crippen molar-refractivity contribution in [3.63, 3.8) is 0 Å². The standard InChI is InChI=1S/C31H37N3O5S/c1-24(31(36)32-26-14-8-4-9-15-26)33(22-25-12-6-3-7-13-25)30(35)23-34(40(2,37)38)27-18-20-29(21-19-27)39-28-16-10-5-11-17-28/h3,5-7,10-13,16-21,24,26H,4,8-9,14-15,22-23H2,1-2H3,(H,32,36)/t24-/m0/s1. The van der Waals surface area contributed by atoms with E-state index in [2.05, 4.69) is 5.32 Å². The van der Waals surface area contributed by atoms with Gasteiger partial charge in [-0.2, -0.15) is 0 Å². The number of nitrogens with zero attached hydrogens (tertiary/aromatic N) is 2. The first-order chi connectivity index (χ1) is 19.2. The fourth-order valence-corrected chi connectivity index (χ4v) is 5.70. The molecule has 40 heavy (non-hydrogen) atoms. The van der Waals surface area contributed by atoms with Gasteiger partial charge >= 0.3 is 0 Å². The third-order valence-corrected chi connectivity index (χ3v) is 8.24. The molecule has 1 aliphatic carbocycles. The van der Waals surface area contributed by atoms with Gasteiger partial charge in [-0.1, -0.05) is 67.8 Å². The van der Waals surface area contributed by atoms with Crippen molar-refractivity contribution in [1.82, 2.24) is 10.2 Å². The monoisotopic (exact) mass is 563 g/mol. The van der Waals surface area contributed by atoms with E-state index in [1.165, 1.54) is 11.3 Å². The van der Waals surface area contributed by atoms with Crippen LogP contribution in [0, 0.1) is 0 Å². The summed E-state index contributed by atoms with van der Waals surface area (Å²) >= 11 is 0. The third-order valence-electron chi connectivity index (χ3n) is 7.10. The number of benzene rings is 3. The highest BCUT2D eigenvalue weighted by Crippen LogP contribution is 2.26. The van der Waals surface area contributed by atoms with Crippen LogP contribution in [0.5, 0.6) is 11.5 Å². The van der Waals surface area contributed by atoms with Crippen LogP contribution < -0.4 is 14.4 Å². The van der Waals surface area contributed by atoms with Crippen LogP contribution in [0.1, 0.15) is 44.6 Å². The van der Waals surface area contributed by atoms with E-state index in [0.29, 0.717) is 17.2 Å². The second-order valence-corrected chi connectivity index (χ2v) is 12.1. The zero-order valence-corrected chi connectivity index (χ0v) is 23.8. The van der Waals surface area contributed by atoms with Gasteiger partial charge in [0.05, 0.1) is 11.9 Å². The second-order valence-electron chi connectivity index (χ2n) is 10.2. The number of rotatable bonds is 11. The third kappa shape index (κ3) is 8.08. The van der Waals surface area contributed by atoms with E-state index in [1.807, 2.05) is 60.7 Å². The molecule has 0 spiro atoms. The van der Waals surface area contributed by atoms with Crippen LogP contribution in [0.3, 0.4) is 0 Å². The SMILES string of the molecule is C[C@@H](C(=O)NC1CCCCC1)N(Cc1ccccc1)C(=O)CN(c1ccc(Oc2ccccc2)cc1)S(C)(=O)=O. The Kier molecular flexibility index (Phi) is 9.82. The molecule has 0 aromatic heterocycles. The Labute approximate surface area is 237 Å². The van der Waals surface area contributed by atoms with Gasteiger partial charge < -0.3 is 15.0 Å². The Hall–Kier alpha value is -3.85. The molecule has 3 aromatic rings. The highest BCUT2D eigenvalue weighted by atomic mass is 32.2. The molecule has 1 aliphatic rings. The quantitative estimate of drug-likeness (QED) is 0.350. The van der Waals surface area contributed by atoms with E-state index < -0.39 is 28.5 Å². The summed E-state index contributed by atoms with van der Waals surface area (Å²) in [6, 6.07) is 24.5. The number of anilines is 1. The van der Waals surface area contributed by atoms with Crippen LogP contribution in [0.4, 0.5) is 5.69 Å². The lowest BCUT2D eigenvalue weighted by Gasteiger charge is -2.33. The summed E-state index contributed by atoms with van der Waals surface area (Å²) in [5, 5.41) is 3.10. The second kappa shape index (κ2) is 13.5. The zero-order valence-electron chi connectivity index (χ0n) is 23.0. The van der Waals surface area contributed by atoms with Gasteiger partial charge in [-0.25, -0.2) is 8.42 Å². The first-order valence-electron chi connectivity index (χ1n) is 13.6. The molecule has 1 atom stereocenters. The average molecular weight is 564 g/mol. The lowest BCUT2D eigenvalue weighted by Crippen LogP contribution is -2.52. The molecule has 1 saturated carbocycles. The molecule has 1 fully saturated rings. The van der Waals surface area contributed by atoms with Crippen molar-refractivity contribution in [3.05, 3.63) is 90.5 Å². The molecule has 4 rings (SSSR count). The topological polar surface area (TPSA) is 96.0 Å². The number of hydrogen-bond donors (Lipinski definition) is 1. The minimum absolute atomic E-state index is 0.0986. The van der Waals surface area contributed by atoms with Gasteiger partial charge in [0.2, 0.25) is 21.8 Å². The molecular formula is C31H37N3O5S. The van der Waals surface area contributed by atoms with Crippen LogP contribution in [0.2, 0.25) is 0 Å². The van der Waals surface area contributed by atoms with Gasteiger partial charge in [-0.15, -0.1) is 0 Å². The summed E-state index contributed by atoms with van der Waals surface area (Å²) in [4.78, 5) is 28.4. The lowest BCUT2D eigenvalue weighted by atomic mass is 9.95. The van der Waals surface area contributed by atoms with E-state index >= 15 is 0 Å². The van der Waals surface area contributed by atoms with Crippen LogP contribution in [-0.2, 0) is 26.2 Å². The maximum absolute atomic E-state index is 13.7. The molecule has 9 heteroatoms. The van der Waals surface area contributed by atoms with Crippen molar-refractivity contribution >= 4 is 27.5 Å².